The maximum absolute atomic E-state index is 13.4. The van der Waals surface area contributed by atoms with Crippen LogP contribution in [0.25, 0.3) is 0 Å². The van der Waals surface area contributed by atoms with Gasteiger partial charge in [-0.25, -0.2) is 4.98 Å². The fraction of sp³-hybridized carbons (Fsp3) is 0.562. The third-order valence-corrected chi connectivity index (χ3v) is 7.60. The maximum atomic E-state index is 13.4. The highest BCUT2D eigenvalue weighted by Gasteiger charge is 2.29. The number of thiazole rings is 1. The van der Waals surface area contributed by atoms with Crippen LogP contribution in [0.15, 0.2) is 48.4 Å². The number of carbonyl (C=O) groups excluding carboxylic acids is 3. The quantitative estimate of drug-likeness (QED) is 0.187. The number of ether oxygens (including phenoxy) is 2. The van der Waals surface area contributed by atoms with Crippen molar-refractivity contribution in [3.05, 3.63) is 64.6 Å². The van der Waals surface area contributed by atoms with Gasteiger partial charge in [-0.1, -0.05) is 84.5 Å². The summed E-state index contributed by atoms with van der Waals surface area (Å²) in [5.41, 5.74) is 1.09. The molecule has 0 saturated carbocycles. The van der Waals surface area contributed by atoms with E-state index in [0.29, 0.717) is 30.2 Å². The zero-order chi connectivity index (χ0) is 30.6. The first-order valence-corrected chi connectivity index (χ1v) is 15.1. The van der Waals surface area contributed by atoms with Gasteiger partial charge in [0, 0.05) is 23.9 Å². The van der Waals surface area contributed by atoms with Crippen molar-refractivity contribution in [3.63, 3.8) is 0 Å². The number of hydrogen-bond donors (Lipinski definition) is 2. The summed E-state index contributed by atoms with van der Waals surface area (Å²) in [5.74, 6) is -1.07. The van der Waals surface area contributed by atoms with Crippen molar-refractivity contribution in [2.75, 3.05) is 13.7 Å². The molecule has 2 aromatic rings. The van der Waals surface area contributed by atoms with E-state index in [4.69, 9.17) is 9.47 Å². The van der Waals surface area contributed by atoms with E-state index >= 15 is 0 Å². The second-order valence-corrected chi connectivity index (χ2v) is 13.0. The summed E-state index contributed by atoms with van der Waals surface area (Å²) in [4.78, 5) is 43.2. The molecule has 0 radical (unpaired) electrons. The Morgan fingerprint density at radius 3 is 2.37 bits per heavy atom. The van der Waals surface area contributed by atoms with Gasteiger partial charge in [-0.2, -0.15) is 0 Å². The molecule has 9 heteroatoms. The summed E-state index contributed by atoms with van der Waals surface area (Å²) in [6.45, 7) is 15.7. The number of nitrogens with one attached hydrogen (secondary N) is 2. The molecule has 1 aromatic heterocycles. The lowest BCUT2D eigenvalue weighted by Gasteiger charge is -2.26. The Morgan fingerprint density at radius 1 is 1.10 bits per heavy atom. The number of hydrogen-bond acceptors (Lipinski definition) is 8. The van der Waals surface area contributed by atoms with Gasteiger partial charge in [0.05, 0.1) is 12.3 Å². The Balaban J connectivity index is 2.24. The molecule has 0 spiro atoms. The van der Waals surface area contributed by atoms with Crippen molar-refractivity contribution < 1.29 is 23.9 Å². The molecule has 0 aliphatic heterocycles. The topological polar surface area (TPSA) is 107 Å². The van der Waals surface area contributed by atoms with E-state index in [-0.39, 0.29) is 54.1 Å². The number of aromatic nitrogens is 1. The smallest absolute Gasteiger partial charge is 0.309 e. The van der Waals surface area contributed by atoms with Crippen molar-refractivity contribution in [3.8, 4) is 0 Å². The molecule has 41 heavy (non-hydrogen) atoms. The van der Waals surface area contributed by atoms with E-state index < -0.39 is 12.0 Å². The summed E-state index contributed by atoms with van der Waals surface area (Å²) >= 11 is 1.31. The summed E-state index contributed by atoms with van der Waals surface area (Å²) in [6, 6.07) is 9.58. The molecule has 0 aliphatic rings. The third kappa shape index (κ3) is 12.2. The fourth-order valence-corrected chi connectivity index (χ4v) is 5.32. The lowest BCUT2D eigenvalue weighted by molar-refractivity contribution is -0.152. The van der Waals surface area contributed by atoms with Gasteiger partial charge in [0.15, 0.2) is 6.10 Å². The largest absolute Gasteiger partial charge is 0.461 e. The zero-order valence-corrected chi connectivity index (χ0v) is 26.4. The van der Waals surface area contributed by atoms with Gasteiger partial charge >= 0.3 is 11.9 Å². The predicted molar refractivity (Wildman–Crippen MR) is 164 cm³/mol. The van der Waals surface area contributed by atoms with Crippen LogP contribution in [-0.4, -0.2) is 48.6 Å². The zero-order valence-electron chi connectivity index (χ0n) is 25.6. The Hall–Kier alpha value is -3.04. The summed E-state index contributed by atoms with van der Waals surface area (Å²) < 4.78 is 11.2. The molecule has 226 valence electrons. The van der Waals surface area contributed by atoms with Gasteiger partial charge in [-0.05, 0) is 36.8 Å². The molecule has 2 N–H and O–H groups in total. The van der Waals surface area contributed by atoms with Crippen molar-refractivity contribution in [1.29, 1.82) is 0 Å². The Kier molecular flexibility index (Phi) is 13.7. The molecule has 0 unspecified atom stereocenters. The van der Waals surface area contributed by atoms with Crippen LogP contribution in [0.3, 0.4) is 0 Å². The second kappa shape index (κ2) is 16.4. The molecule has 0 aliphatic carbocycles. The highest BCUT2D eigenvalue weighted by Crippen LogP contribution is 2.30. The van der Waals surface area contributed by atoms with Gasteiger partial charge in [0.1, 0.15) is 17.3 Å². The molecule has 1 aromatic carbocycles. The van der Waals surface area contributed by atoms with Crippen molar-refractivity contribution in [2.24, 2.45) is 17.3 Å². The highest BCUT2D eigenvalue weighted by atomic mass is 32.1. The Bertz CT molecular complexity index is 1130. The predicted octanol–water partition coefficient (Wildman–Crippen LogP) is 5.89. The summed E-state index contributed by atoms with van der Waals surface area (Å²) in [5, 5.41) is 8.66. The van der Waals surface area contributed by atoms with Crippen molar-refractivity contribution in [2.45, 2.75) is 85.4 Å². The molecule has 0 fully saturated rings. The minimum absolute atomic E-state index is 0.0983. The molecule has 0 saturated heterocycles. The van der Waals surface area contributed by atoms with Crippen LogP contribution < -0.4 is 10.6 Å². The summed E-state index contributed by atoms with van der Waals surface area (Å²) in [6.07, 6.45) is 2.73. The first-order chi connectivity index (χ1) is 19.3. The first-order valence-electron chi connectivity index (χ1n) is 14.3. The van der Waals surface area contributed by atoms with Crippen LogP contribution in [0.4, 0.5) is 0 Å². The molecule has 8 nitrogen and oxygen atoms in total. The SMILES string of the molecule is C=CCOC(=O)[C@@H](C)C[C@H](Cc1ccccc1)NC(=O)c1csc([C@@H](C[C@@H](NC)C(C)C)OC(=O)CC(C)(C)C)n1. The van der Waals surface area contributed by atoms with E-state index in [1.807, 2.05) is 58.2 Å². The van der Waals surface area contributed by atoms with Crippen LogP contribution in [-0.2, 0) is 25.5 Å². The fourth-order valence-electron chi connectivity index (χ4n) is 4.48. The van der Waals surface area contributed by atoms with Crippen molar-refractivity contribution in [1.82, 2.24) is 15.6 Å². The number of carbonyl (C=O) groups is 3. The molecule has 4 atom stereocenters. The Labute approximate surface area is 249 Å². The van der Waals surface area contributed by atoms with Gasteiger partial charge in [0.2, 0.25) is 0 Å². The molecule has 1 heterocycles. The van der Waals surface area contributed by atoms with E-state index in [2.05, 4.69) is 36.0 Å². The molecular formula is C32H47N3O5S. The second-order valence-electron chi connectivity index (χ2n) is 12.1. The number of nitrogens with zero attached hydrogens (tertiary/aromatic N) is 1. The average molecular weight is 586 g/mol. The average Bonchev–Trinajstić information content (AvgIpc) is 3.39. The Morgan fingerprint density at radius 2 is 1.78 bits per heavy atom. The number of benzene rings is 1. The van der Waals surface area contributed by atoms with Gasteiger partial charge in [0.25, 0.3) is 5.91 Å². The lowest BCUT2D eigenvalue weighted by atomic mass is 9.92. The first kappa shape index (κ1) is 34.2. The van der Waals surface area contributed by atoms with Gasteiger partial charge in [-0.3, -0.25) is 14.4 Å². The lowest BCUT2D eigenvalue weighted by Crippen LogP contribution is -2.39. The van der Waals surface area contributed by atoms with Gasteiger partial charge < -0.3 is 20.1 Å². The minimum atomic E-state index is -0.573. The summed E-state index contributed by atoms with van der Waals surface area (Å²) in [7, 11) is 1.89. The number of esters is 2. The van der Waals surface area contributed by atoms with E-state index in [1.165, 1.54) is 17.4 Å². The van der Waals surface area contributed by atoms with Crippen LogP contribution in [0.5, 0.6) is 0 Å². The molecule has 1 amide bonds. The molecule has 0 bridgehead atoms. The maximum Gasteiger partial charge on any atom is 0.309 e. The normalized spacial score (nSPS) is 14.5. The number of rotatable bonds is 16. The third-order valence-electron chi connectivity index (χ3n) is 6.67. The number of amides is 1. The van der Waals surface area contributed by atoms with E-state index in [0.717, 1.165) is 5.56 Å². The molecule has 2 rings (SSSR count). The van der Waals surface area contributed by atoms with Crippen LogP contribution in [0.2, 0.25) is 0 Å². The van der Waals surface area contributed by atoms with E-state index in [1.54, 1.807) is 12.3 Å². The van der Waals surface area contributed by atoms with E-state index in [9.17, 15) is 14.4 Å². The minimum Gasteiger partial charge on any atom is -0.461 e. The highest BCUT2D eigenvalue weighted by molar-refractivity contribution is 7.09. The van der Waals surface area contributed by atoms with Crippen molar-refractivity contribution >= 4 is 29.2 Å². The van der Waals surface area contributed by atoms with Crippen LogP contribution in [0.1, 0.15) is 88.0 Å². The molecular weight excluding hydrogens is 538 g/mol. The monoisotopic (exact) mass is 585 g/mol. The van der Waals surface area contributed by atoms with Crippen LogP contribution in [0, 0.1) is 17.3 Å². The van der Waals surface area contributed by atoms with Crippen LogP contribution >= 0.6 is 11.3 Å². The standard InChI is InChI=1S/C32H47N3O5S/c1-9-15-39-31(38)22(4)16-24(17-23-13-11-10-12-14-23)34-29(37)26-20-41-30(35-26)27(18-25(33-8)21(2)3)40-28(36)19-32(5,6)7/h9-14,20-22,24-25,27,33H,1,15-19H2,2-8H3,(H,34,37)/t22-,24+,25+,27+/m0/s1. The van der Waals surface area contributed by atoms with Gasteiger partial charge in [-0.15, -0.1) is 11.3 Å².